The SMILES string of the molecule is CNc1ccc(N=Nc2cc(S(=O)(=O)O)ccc2S(=O)(=O)O)c(NC(N)=O)c1. The van der Waals surface area contributed by atoms with Gasteiger partial charge >= 0.3 is 6.03 Å². The van der Waals surface area contributed by atoms with E-state index in [4.69, 9.17) is 10.3 Å². The van der Waals surface area contributed by atoms with Gasteiger partial charge in [0.25, 0.3) is 20.2 Å². The van der Waals surface area contributed by atoms with Crippen molar-refractivity contribution in [3.63, 3.8) is 0 Å². The molecule has 0 heterocycles. The van der Waals surface area contributed by atoms with Crippen LogP contribution in [0.3, 0.4) is 0 Å². The van der Waals surface area contributed by atoms with Crippen LogP contribution >= 0.6 is 0 Å². The first kappa shape index (κ1) is 21.2. The highest BCUT2D eigenvalue weighted by molar-refractivity contribution is 7.86. The summed E-state index contributed by atoms with van der Waals surface area (Å²) in [5.41, 5.74) is 5.31. The molecule has 2 amide bonds. The lowest BCUT2D eigenvalue weighted by Gasteiger charge is -2.08. The van der Waals surface area contributed by atoms with E-state index in [-0.39, 0.29) is 11.4 Å². The Morgan fingerprint density at radius 3 is 2.14 bits per heavy atom. The number of primary amides is 1. The summed E-state index contributed by atoms with van der Waals surface area (Å²) >= 11 is 0. The number of hydrogen-bond donors (Lipinski definition) is 5. The molecule has 0 radical (unpaired) electrons. The molecule has 6 N–H and O–H groups in total. The predicted octanol–water partition coefficient (Wildman–Crippen LogP) is 2.13. The van der Waals surface area contributed by atoms with Crippen molar-refractivity contribution < 1.29 is 30.7 Å². The van der Waals surface area contributed by atoms with Gasteiger partial charge in [0.1, 0.15) is 16.3 Å². The van der Waals surface area contributed by atoms with Crippen molar-refractivity contribution in [2.45, 2.75) is 9.79 Å². The molecule has 12 nitrogen and oxygen atoms in total. The Balaban J connectivity index is 2.61. The number of rotatable bonds is 6. The van der Waals surface area contributed by atoms with E-state index in [0.717, 1.165) is 12.1 Å². The van der Waals surface area contributed by atoms with Gasteiger partial charge in [0.15, 0.2) is 0 Å². The van der Waals surface area contributed by atoms with Crippen molar-refractivity contribution >= 4 is 49.0 Å². The van der Waals surface area contributed by atoms with Crippen LogP contribution in [0.5, 0.6) is 0 Å². The second-order valence-corrected chi connectivity index (χ2v) is 8.06. The van der Waals surface area contributed by atoms with Crippen LogP contribution in [0.25, 0.3) is 0 Å². The molecule has 0 saturated carbocycles. The molecule has 0 fully saturated rings. The first-order valence-corrected chi connectivity index (χ1v) is 10.2. The number of azo groups is 1. The average molecular weight is 429 g/mol. The maximum atomic E-state index is 11.5. The summed E-state index contributed by atoms with van der Waals surface area (Å²) in [7, 11) is -7.80. The number of benzene rings is 2. The van der Waals surface area contributed by atoms with E-state index in [0.29, 0.717) is 11.8 Å². The average Bonchev–Trinajstić information content (AvgIpc) is 2.58. The number of nitrogens with one attached hydrogen (secondary N) is 2. The van der Waals surface area contributed by atoms with Crippen molar-refractivity contribution in [2.24, 2.45) is 16.0 Å². The first-order chi connectivity index (χ1) is 12.9. The molecule has 0 aliphatic rings. The number of amides is 2. The van der Waals surface area contributed by atoms with Gasteiger partial charge in [0.2, 0.25) is 0 Å². The molecule has 14 heteroatoms. The largest absolute Gasteiger partial charge is 0.388 e. The van der Waals surface area contributed by atoms with Crippen LogP contribution < -0.4 is 16.4 Å². The summed E-state index contributed by atoms with van der Waals surface area (Å²) in [6, 6.07) is 5.80. The van der Waals surface area contributed by atoms with Gasteiger partial charge in [-0.1, -0.05) is 0 Å². The number of urea groups is 1. The lowest BCUT2D eigenvalue weighted by molar-refractivity contribution is 0.259. The minimum Gasteiger partial charge on any atom is -0.388 e. The van der Waals surface area contributed by atoms with Crippen LogP contribution in [0.2, 0.25) is 0 Å². The molecule has 2 aromatic rings. The number of carbonyl (C=O) groups excluding carboxylic acids is 1. The van der Waals surface area contributed by atoms with Crippen LogP contribution in [0.15, 0.2) is 56.4 Å². The van der Waals surface area contributed by atoms with Gasteiger partial charge in [-0.25, -0.2) is 4.79 Å². The van der Waals surface area contributed by atoms with Gasteiger partial charge in [0.05, 0.1) is 10.6 Å². The normalized spacial score (nSPS) is 12.1. The number of nitrogens with zero attached hydrogens (tertiary/aromatic N) is 2. The molecule has 0 bridgehead atoms. The van der Waals surface area contributed by atoms with Crippen LogP contribution in [0.4, 0.5) is 27.5 Å². The summed E-state index contributed by atoms with van der Waals surface area (Å²) in [6.07, 6.45) is 0. The van der Waals surface area contributed by atoms with E-state index >= 15 is 0 Å². The van der Waals surface area contributed by atoms with E-state index in [1.165, 1.54) is 12.1 Å². The van der Waals surface area contributed by atoms with Crippen LogP contribution in [0.1, 0.15) is 0 Å². The Morgan fingerprint density at radius 2 is 1.61 bits per heavy atom. The van der Waals surface area contributed by atoms with E-state index < -0.39 is 41.7 Å². The number of anilines is 2. The summed E-state index contributed by atoms with van der Waals surface area (Å²) in [4.78, 5) is 9.75. The fourth-order valence-corrected chi connectivity index (χ4v) is 3.18. The molecule has 0 aliphatic carbocycles. The third-order valence-corrected chi connectivity index (χ3v) is 5.07. The zero-order valence-corrected chi connectivity index (χ0v) is 15.8. The highest BCUT2D eigenvalue weighted by atomic mass is 32.2. The van der Waals surface area contributed by atoms with Crippen LogP contribution in [-0.2, 0) is 20.2 Å². The van der Waals surface area contributed by atoms with Gasteiger partial charge in [-0.3, -0.25) is 9.11 Å². The van der Waals surface area contributed by atoms with Crippen molar-refractivity contribution in [2.75, 3.05) is 17.7 Å². The molecule has 0 unspecified atom stereocenters. The molecule has 2 aromatic carbocycles. The Labute approximate surface area is 160 Å². The van der Waals surface area contributed by atoms with Crippen LogP contribution in [-0.4, -0.2) is 39.0 Å². The van der Waals surface area contributed by atoms with Crippen molar-refractivity contribution in [3.05, 3.63) is 36.4 Å². The minimum absolute atomic E-state index is 0.0522. The Kier molecular flexibility index (Phi) is 5.98. The third-order valence-electron chi connectivity index (χ3n) is 3.31. The van der Waals surface area contributed by atoms with Crippen molar-refractivity contribution in [3.8, 4) is 0 Å². The Morgan fingerprint density at radius 1 is 0.964 bits per heavy atom. The van der Waals surface area contributed by atoms with E-state index in [1.54, 1.807) is 13.1 Å². The fourth-order valence-electron chi connectivity index (χ4n) is 2.07. The molecule has 0 saturated heterocycles. The lowest BCUT2D eigenvalue weighted by atomic mass is 10.2. The fraction of sp³-hybridized carbons (Fsp3) is 0.0714. The van der Waals surface area contributed by atoms with Crippen molar-refractivity contribution in [1.82, 2.24) is 0 Å². The predicted molar refractivity (Wildman–Crippen MR) is 99.4 cm³/mol. The highest BCUT2D eigenvalue weighted by Gasteiger charge is 2.20. The zero-order valence-electron chi connectivity index (χ0n) is 14.2. The Bertz CT molecular complexity index is 1160. The van der Waals surface area contributed by atoms with Gasteiger partial charge in [-0.05, 0) is 36.4 Å². The number of hydrogen-bond acceptors (Lipinski definition) is 8. The standard InChI is InChI=1S/C14H15N5O7S2/c1-16-8-2-4-10(11(6-8)17-14(15)20)18-19-12-7-9(27(21,22)23)3-5-13(12)28(24,25)26/h2-7,16H,1H3,(H3,15,17,20)(H,21,22,23)(H,24,25,26). The zero-order chi connectivity index (χ0) is 21.1. The molecule has 28 heavy (non-hydrogen) atoms. The molecule has 2 rings (SSSR count). The van der Waals surface area contributed by atoms with Crippen LogP contribution in [0, 0.1) is 0 Å². The third kappa shape index (κ3) is 5.23. The summed E-state index contributed by atoms with van der Waals surface area (Å²) < 4.78 is 63.9. The molecular weight excluding hydrogens is 414 g/mol. The minimum atomic E-state index is -4.77. The maximum Gasteiger partial charge on any atom is 0.316 e. The van der Waals surface area contributed by atoms with E-state index in [9.17, 15) is 26.2 Å². The number of carbonyl (C=O) groups is 1. The van der Waals surface area contributed by atoms with E-state index in [1.807, 2.05) is 0 Å². The topological polar surface area (TPSA) is 201 Å². The summed E-state index contributed by atoms with van der Waals surface area (Å²) in [5, 5.41) is 12.5. The molecule has 0 atom stereocenters. The highest BCUT2D eigenvalue weighted by Crippen LogP contribution is 2.33. The molecule has 0 spiro atoms. The van der Waals surface area contributed by atoms with Gasteiger partial charge < -0.3 is 16.4 Å². The quantitative estimate of drug-likeness (QED) is 0.339. The summed E-state index contributed by atoms with van der Waals surface area (Å²) in [6.45, 7) is 0. The smallest absolute Gasteiger partial charge is 0.316 e. The summed E-state index contributed by atoms with van der Waals surface area (Å²) in [5.74, 6) is 0. The second-order valence-electron chi connectivity index (χ2n) is 5.25. The molecule has 150 valence electrons. The van der Waals surface area contributed by atoms with Gasteiger partial charge in [0, 0.05) is 12.7 Å². The molecular formula is C14H15N5O7S2. The molecule has 0 aliphatic heterocycles. The van der Waals surface area contributed by atoms with Crippen molar-refractivity contribution in [1.29, 1.82) is 0 Å². The Hall–Kier alpha value is -3.07. The van der Waals surface area contributed by atoms with Gasteiger partial charge in [-0.2, -0.15) is 16.8 Å². The van der Waals surface area contributed by atoms with Gasteiger partial charge in [-0.15, -0.1) is 10.2 Å². The number of nitrogens with two attached hydrogens (primary N) is 1. The second kappa shape index (κ2) is 7.89. The lowest BCUT2D eigenvalue weighted by Crippen LogP contribution is -2.19. The molecule has 0 aromatic heterocycles. The first-order valence-electron chi connectivity index (χ1n) is 7.31. The maximum absolute atomic E-state index is 11.5. The monoisotopic (exact) mass is 429 g/mol. The van der Waals surface area contributed by atoms with E-state index in [2.05, 4.69) is 20.9 Å².